The van der Waals surface area contributed by atoms with Crippen molar-refractivity contribution in [2.24, 2.45) is 11.8 Å². The molecule has 0 aromatic heterocycles. The fourth-order valence-electron chi connectivity index (χ4n) is 2.99. The van der Waals surface area contributed by atoms with Gasteiger partial charge in [0.2, 0.25) is 0 Å². The van der Waals surface area contributed by atoms with Crippen LogP contribution >= 0.6 is 0 Å². The van der Waals surface area contributed by atoms with Gasteiger partial charge in [-0.25, -0.2) is 0 Å². The van der Waals surface area contributed by atoms with Gasteiger partial charge in [-0.1, -0.05) is 24.3 Å². The monoisotopic (exact) mass is 265 g/mol. The topological polar surface area (TPSA) is 21.3 Å². The highest BCUT2D eigenvalue weighted by Crippen LogP contribution is 2.42. The zero-order valence-corrected chi connectivity index (χ0v) is 10.6. The van der Waals surface area contributed by atoms with E-state index in [1.165, 1.54) is 12.8 Å². The van der Waals surface area contributed by atoms with Crippen LogP contribution < -0.4 is 10.1 Å². The van der Waals surface area contributed by atoms with Gasteiger partial charge in [-0.05, 0) is 42.4 Å². The minimum Gasteiger partial charge on any atom is -0.435 e. The lowest BCUT2D eigenvalue weighted by Crippen LogP contribution is -2.47. The second-order valence-electron chi connectivity index (χ2n) is 5.25. The molecule has 2 aliphatic rings. The van der Waals surface area contributed by atoms with Crippen LogP contribution in [0.1, 0.15) is 18.4 Å². The van der Waals surface area contributed by atoms with Gasteiger partial charge in [-0.15, -0.1) is 0 Å². The Morgan fingerprint density at radius 1 is 1.26 bits per heavy atom. The van der Waals surface area contributed by atoms with Crippen LogP contribution in [-0.2, 0) is 6.54 Å². The lowest BCUT2D eigenvalue weighted by molar-refractivity contribution is -0.0498. The first kappa shape index (κ1) is 12.6. The van der Waals surface area contributed by atoms with Crippen LogP contribution in [-0.4, -0.2) is 12.7 Å². The molecule has 1 saturated carbocycles. The Bertz CT molecular complexity index is 458. The zero-order chi connectivity index (χ0) is 13.2. The quantitative estimate of drug-likeness (QED) is 0.824. The molecule has 0 spiro atoms. The van der Waals surface area contributed by atoms with Crippen LogP contribution in [0.2, 0.25) is 0 Å². The predicted octanol–water partition coefficient (Wildman–Crippen LogP) is 3.34. The van der Waals surface area contributed by atoms with Crippen LogP contribution in [0.4, 0.5) is 8.78 Å². The molecule has 3 atom stereocenters. The number of rotatable bonds is 5. The number of benzene rings is 1. The molecule has 19 heavy (non-hydrogen) atoms. The lowest BCUT2D eigenvalue weighted by atomic mass is 9.71. The molecule has 0 radical (unpaired) electrons. The summed E-state index contributed by atoms with van der Waals surface area (Å²) in [5.41, 5.74) is 1.09. The van der Waals surface area contributed by atoms with Crippen molar-refractivity contribution in [3.8, 4) is 5.75 Å². The summed E-state index contributed by atoms with van der Waals surface area (Å²) in [6.07, 6.45) is 7.05. The van der Waals surface area contributed by atoms with Gasteiger partial charge in [0.15, 0.2) is 0 Å². The molecular weight excluding hydrogens is 248 g/mol. The van der Waals surface area contributed by atoms with Crippen molar-refractivity contribution >= 4 is 0 Å². The minimum absolute atomic E-state index is 0.209. The second kappa shape index (κ2) is 5.29. The Balaban J connectivity index is 1.49. The Morgan fingerprint density at radius 2 is 2.05 bits per heavy atom. The van der Waals surface area contributed by atoms with Gasteiger partial charge in [0, 0.05) is 12.6 Å². The van der Waals surface area contributed by atoms with Crippen LogP contribution in [0.15, 0.2) is 36.4 Å². The van der Waals surface area contributed by atoms with Crippen molar-refractivity contribution in [2.75, 3.05) is 0 Å². The van der Waals surface area contributed by atoms with E-state index < -0.39 is 6.61 Å². The van der Waals surface area contributed by atoms with Crippen molar-refractivity contribution < 1.29 is 13.5 Å². The third kappa shape index (κ3) is 2.78. The third-order valence-corrected chi connectivity index (χ3v) is 4.08. The third-order valence-electron chi connectivity index (χ3n) is 4.08. The van der Waals surface area contributed by atoms with Gasteiger partial charge in [0.1, 0.15) is 5.75 Å². The molecule has 1 fully saturated rings. The maximum absolute atomic E-state index is 12.0. The van der Waals surface area contributed by atoms with Gasteiger partial charge in [-0.2, -0.15) is 8.78 Å². The molecule has 1 aromatic carbocycles. The van der Waals surface area contributed by atoms with Gasteiger partial charge in [0.25, 0.3) is 0 Å². The number of allylic oxidation sites excluding steroid dienone is 1. The van der Waals surface area contributed by atoms with E-state index in [1.807, 2.05) is 12.1 Å². The van der Waals surface area contributed by atoms with Crippen LogP contribution in [0.5, 0.6) is 5.75 Å². The Kier molecular flexibility index (Phi) is 3.51. The molecule has 102 valence electrons. The highest BCUT2D eigenvalue weighted by Gasteiger charge is 2.40. The van der Waals surface area contributed by atoms with Crippen molar-refractivity contribution in [1.82, 2.24) is 5.32 Å². The Hall–Kier alpha value is -1.42. The fourth-order valence-corrected chi connectivity index (χ4v) is 2.99. The van der Waals surface area contributed by atoms with E-state index in [0.29, 0.717) is 12.0 Å². The molecule has 0 bridgehead atoms. The number of hydrogen-bond donors (Lipinski definition) is 1. The van der Waals surface area contributed by atoms with Crippen molar-refractivity contribution in [2.45, 2.75) is 32.0 Å². The molecule has 1 N–H and O–H groups in total. The van der Waals surface area contributed by atoms with Gasteiger partial charge in [-0.3, -0.25) is 0 Å². The molecule has 0 aliphatic heterocycles. The number of nitrogens with one attached hydrogen (secondary N) is 1. The summed E-state index contributed by atoms with van der Waals surface area (Å²) in [6, 6.07) is 7.39. The van der Waals surface area contributed by atoms with E-state index in [2.05, 4.69) is 22.2 Å². The van der Waals surface area contributed by atoms with E-state index in [0.717, 1.165) is 18.0 Å². The second-order valence-corrected chi connectivity index (χ2v) is 5.25. The highest BCUT2D eigenvalue weighted by molar-refractivity contribution is 5.27. The smallest absolute Gasteiger partial charge is 0.387 e. The molecule has 3 rings (SSSR count). The predicted molar refractivity (Wildman–Crippen MR) is 69.1 cm³/mol. The molecule has 0 saturated heterocycles. The summed E-state index contributed by atoms with van der Waals surface area (Å²) in [5.74, 6) is 1.75. The minimum atomic E-state index is -2.76. The van der Waals surface area contributed by atoms with Crippen molar-refractivity contribution in [1.29, 1.82) is 0 Å². The molecule has 4 heteroatoms. The van der Waals surface area contributed by atoms with E-state index in [4.69, 9.17) is 0 Å². The van der Waals surface area contributed by atoms with Crippen molar-refractivity contribution in [3.05, 3.63) is 42.0 Å². The van der Waals surface area contributed by atoms with Gasteiger partial charge < -0.3 is 10.1 Å². The van der Waals surface area contributed by atoms with Gasteiger partial charge in [0.05, 0.1) is 0 Å². The van der Waals surface area contributed by atoms with Crippen LogP contribution in [0.25, 0.3) is 0 Å². The first-order chi connectivity index (χ1) is 9.22. The van der Waals surface area contributed by atoms with E-state index >= 15 is 0 Å². The highest BCUT2D eigenvalue weighted by atomic mass is 19.3. The van der Waals surface area contributed by atoms with Gasteiger partial charge >= 0.3 is 6.61 Å². The number of alkyl halides is 2. The first-order valence-corrected chi connectivity index (χ1v) is 6.66. The van der Waals surface area contributed by atoms with E-state index in [-0.39, 0.29) is 5.75 Å². The molecular formula is C15H17F2NO. The zero-order valence-electron chi connectivity index (χ0n) is 10.6. The summed E-state index contributed by atoms with van der Waals surface area (Å²) in [7, 11) is 0. The van der Waals surface area contributed by atoms with E-state index in [1.54, 1.807) is 12.1 Å². The largest absolute Gasteiger partial charge is 0.435 e. The molecule has 3 unspecified atom stereocenters. The molecule has 0 heterocycles. The van der Waals surface area contributed by atoms with E-state index in [9.17, 15) is 8.78 Å². The Morgan fingerprint density at radius 3 is 2.74 bits per heavy atom. The summed E-state index contributed by atoms with van der Waals surface area (Å²) >= 11 is 0. The van der Waals surface area contributed by atoms with Crippen LogP contribution in [0.3, 0.4) is 0 Å². The number of fused-ring (bicyclic) bond motifs is 1. The summed E-state index contributed by atoms with van der Waals surface area (Å²) < 4.78 is 28.3. The molecule has 1 aromatic rings. The summed E-state index contributed by atoms with van der Waals surface area (Å²) in [5, 5.41) is 3.53. The maximum atomic E-state index is 12.0. The lowest BCUT2D eigenvalue weighted by Gasteiger charge is -2.40. The van der Waals surface area contributed by atoms with Crippen molar-refractivity contribution in [3.63, 3.8) is 0 Å². The average molecular weight is 265 g/mol. The SMILES string of the molecule is FC(F)Oc1ccc(CNC2CC3CC=CC32)cc1. The number of hydrogen-bond acceptors (Lipinski definition) is 2. The molecule has 2 aliphatic carbocycles. The van der Waals surface area contributed by atoms with Crippen LogP contribution in [0, 0.1) is 11.8 Å². The number of ether oxygens (including phenoxy) is 1. The molecule has 0 amide bonds. The standard InChI is InChI=1S/C15H17F2NO/c16-15(17)19-12-6-4-10(5-7-12)9-18-14-8-11-2-1-3-13(11)14/h1,3-7,11,13-15,18H,2,8-9H2. The fraction of sp³-hybridized carbons (Fsp3) is 0.467. The molecule has 2 nitrogen and oxygen atoms in total. The first-order valence-electron chi connectivity index (χ1n) is 6.66. The number of halogens is 2. The summed E-state index contributed by atoms with van der Waals surface area (Å²) in [6.45, 7) is -1.98. The maximum Gasteiger partial charge on any atom is 0.387 e. The summed E-state index contributed by atoms with van der Waals surface area (Å²) in [4.78, 5) is 0. The Labute approximate surface area is 111 Å². The average Bonchev–Trinajstić information content (AvgIpc) is 2.73. The normalized spacial score (nSPS) is 28.3.